The largest absolute Gasteiger partial charge is 0.231 e. The molecule has 0 amide bonds. The van der Waals surface area contributed by atoms with Crippen molar-refractivity contribution in [1.29, 1.82) is 0 Å². The van der Waals surface area contributed by atoms with Crippen molar-refractivity contribution >= 4 is 113 Å². The highest BCUT2D eigenvalue weighted by atomic mass is 127. The zero-order valence-electron chi connectivity index (χ0n) is 5.92. The Morgan fingerprint density at radius 2 is 1.54 bits per heavy atom. The molecule has 0 saturated carbocycles. The average molecular weight is 740 g/mol. The highest BCUT2D eigenvalue weighted by Gasteiger charge is 2.16. The minimum Gasteiger partial charge on any atom is -0.231 e. The molecule has 1 unspecified atom stereocenters. The van der Waals surface area contributed by atoms with E-state index in [2.05, 4.69) is 90.4 Å². The van der Waals surface area contributed by atoms with Crippen molar-refractivity contribution in [3.8, 4) is 0 Å². The lowest BCUT2D eigenvalue weighted by molar-refractivity contribution is 0.488. The Morgan fingerprint density at radius 3 is 2.00 bits per heavy atom. The molecule has 1 atom stereocenters. The van der Waals surface area contributed by atoms with Gasteiger partial charge in [0, 0.05) is 19.8 Å². The Morgan fingerprint density at radius 1 is 1.00 bits per heavy atom. The molecule has 0 aliphatic heterocycles. The molecule has 0 spiro atoms. The number of hydrogen-bond acceptors (Lipinski definition) is 0. The van der Waals surface area contributed by atoms with E-state index in [1.807, 2.05) is 6.07 Å². The van der Waals surface area contributed by atoms with Crippen molar-refractivity contribution in [3.63, 3.8) is 0 Å². The molecule has 1 aromatic rings. The molecule has 0 fully saturated rings. The van der Waals surface area contributed by atoms with Gasteiger partial charge in [0.25, 0.3) is 0 Å². The third-order valence-corrected chi connectivity index (χ3v) is 9.35. The highest BCUT2D eigenvalue weighted by molar-refractivity contribution is 14.1. The molecule has 13 heavy (non-hydrogen) atoms. The van der Waals surface area contributed by atoms with E-state index in [4.69, 9.17) is 0 Å². The molecule has 0 N–H and O–H groups in total. The van der Waals surface area contributed by atoms with E-state index in [0.29, 0.717) is 0 Å². The number of halogens is 6. The second-order valence-electron chi connectivity index (χ2n) is 2.19. The molecule has 6 heteroatoms. The molecule has 72 valence electrons. The van der Waals surface area contributed by atoms with Gasteiger partial charge in [-0.25, -0.2) is 4.39 Å². The van der Waals surface area contributed by atoms with Crippen LogP contribution in [0.15, 0.2) is 6.07 Å². The van der Waals surface area contributed by atoms with E-state index in [0.717, 1.165) is 16.3 Å². The molecular weight excluding hydrogens is 738 g/mol. The van der Waals surface area contributed by atoms with Gasteiger partial charge in [0.2, 0.25) is 0 Å². The first kappa shape index (κ1) is 13.9. The second kappa shape index (κ2) is 5.93. The number of alkyl halides is 2. The van der Waals surface area contributed by atoms with Crippen LogP contribution in [0.3, 0.4) is 0 Å². The summed E-state index contributed by atoms with van der Waals surface area (Å²) < 4.78 is 16.8. The van der Waals surface area contributed by atoms with Gasteiger partial charge in [0.1, 0.15) is 0 Å². The highest BCUT2D eigenvalue weighted by Crippen LogP contribution is 2.35. The van der Waals surface area contributed by atoms with Crippen molar-refractivity contribution in [2.45, 2.75) is 4.18 Å². The van der Waals surface area contributed by atoms with Crippen molar-refractivity contribution in [1.82, 2.24) is 0 Å². The van der Waals surface area contributed by atoms with Crippen LogP contribution in [0.1, 0.15) is 9.74 Å². The summed E-state index contributed by atoms with van der Waals surface area (Å²) in [6.45, 7) is 0. The molecule has 0 nitrogen and oxygen atoms in total. The van der Waals surface area contributed by atoms with Crippen LogP contribution >= 0.6 is 113 Å². The van der Waals surface area contributed by atoms with E-state index < -0.39 is 4.18 Å². The third kappa shape index (κ3) is 3.38. The number of hydrogen-bond donors (Lipinski definition) is 0. The van der Waals surface area contributed by atoms with Crippen LogP contribution in [0.5, 0.6) is 0 Å². The van der Waals surface area contributed by atoms with Gasteiger partial charge in [-0.1, -0.05) is 0 Å². The van der Waals surface area contributed by atoms with Gasteiger partial charge >= 0.3 is 0 Å². The Kier molecular flexibility index (Phi) is 6.32. The lowest BCUT2D eigenvalue weighted by atomic mass is 10.2. The van der Waals surface area contributed by atoms with E-state index >= 15 is 0 Å². The fraction of sp³-hybridized carbons (Fsp3) is 0.143. The van der Waals surface area contributed by atoms with Crippen molar-refractivity contribution in [2.75, 3.05) is 0 Å². The third-order valence-electron chi connectivity index (χ3n) is 1.37. The average Bonchev–Trinajstić information content (AvgIpc) is 2.07. The van der Waals surface area contributed by atoms with E-state index in [1.165, 1.54) is 3.57 Å². The monoisotopic (exact) mass is 740 g/mol. The summed E-state index contributed by atoms with van der Waals surface area (Å²) in [4.78, 5) is 0. The Balaban J connectivity index is 3.41. The fourth-order valence-corrected chi connectivity index (χ4v) is 5.20. The summed E-state index contributed by atoms with van der Waals surface area (Å²) >= 11 is 10.8. The molecule has 1 rings (SSSR count). The minimum absolute atomic E-state index is 0.787. The van der Waals surface area contributed by atoms with E-state index in [1.54, 1.807) is 22.6 Å². The maximum absolute atomic E-state index is 13.2. The molecule has 0 aromatic heterocycles. The lowest BCUT2D eigenvalue weighted by Crippen LogP contribution is -1.97. The normalized spacial score (nSPS) is 13.1. The van der Waals surface area contributed by atoms with Gasteiger partial charge in [0.05, 0.1) is 0 Å². The maximum atomic E-state index is 13.2. The summed E-state index contributed by atoms with van der Waals surface area (Å²) in [6, 6.07) is 1.92. The summed E-state index contributed by atoms with van der Waals surface area (Å²) in [5.74, 6) is 0. The Hall–Kier alpha value is 2.80. The molecule has 0 saturated heterocycles. The molecule has 0 aliphatic carbocycles. The predicted molar refractivity (Wildman–Crippen MR) is 95.2 cm³/mol. The first-order valence-electron chi connectivity index (χ1n) is 3.06. The van der Waals surface area contributed by atoms with E-state index in [9.17, 15) is 4.39 Å². The first-order valence-corrected chi connectivity index (χ1v) is 8.62. The summed E-state index contributed by atoms with van der Waals surface area (Å²) in [6.07, 6.45) is 0. The minimum atomic E-state index is -0.913. The van der Waals surface area contributed by atoms with Gasteiger partial charge in [-0.2, -0.15) is 0 Å². The van der Waals surface area contributed by atoms with Crippen LogP contribution in [0.4, 0.5) is 4.39 Å². The van der Waals surface area contributed by atoms with Crippen LogP contribution in [-0.4, -0.2) is 0 Å². The summed E-state index contributed by atoms with van der Waals surface area (Å²) in [7, 11) is 0. The van der Waals surface area contributed by atoms with Gasteiger partial charge in [-0.3, -0.25) is 0 Å². The van der Waals surface area contributed by atoms with Crippen LogP contribution in [0, 0.1) is 14.3 Å². The number of rotatable bonds is 1. The zero-order chi connectivity index (χ0) is 10.2. The van der Waals surface area contributed by atoms with Gasteiger partial charge in [0.15, 0.2) is 4.18 Å². The van der Waals surface area contributed by atoms with E-state index in [-0.39, 0.29) is 0 Å². The zero-order valence-corrected chi connectivity index (χ0v) is 16.7. The van der Waals surface area contributed by atoms with Gasteiger partial charge in [-0.15, -0.1) is 0 Å². The van der Waals surface area contributed by atoms with Crippen LogP contribution in [-0.2, 0) is 0 Å². The SMILES string of the molecule is FC(I)c1cc(I)c(I)c(I)c1I. The molecule has 0 aliphatic rings. The van der Waals surface area contributed by atoms with Crippen LogP contribution < -0.4 is 0 Å². The number of benzene rings is 1. The summed E-state index contributed by atoms with van der Waals surface area (Å²) in [5, 5.41) is 0. The second-order valence-corrected chi connectivity index (χ2v) is 7.68. The van der Waals surface area contributed by atoms with Crippen LogP contribution in [0.2, 0.25) is 0 Å². The predicted octanol–water partition coefficient (Wildman–Crippen LogP) is 5.51. The van der Waals surface area contributed by atoms with Crippen molar-refractivity contribution in [2.24, 2.45) is 0 Å². The van der Waals surface area contributed by atoms with Crippen molar-refractivity contribution < 1.29 is 4.39 Å². The molecule has 0 radical (unpaired) electrons. The molecular formula is C7H2FI5. The van der Waals surface area contributed by atoms with Crippen LogP contribution in [0.25, 0.3) is 0 Å². The standard InChI is InChI=1S/C7H2FI5/c8-7(13)2-1-3(9)5(11)6(12)4(2)10/h1,7H. The topological polar surface area (TPSA) is 0 Å². The van der Waals surface area contributed by atoms with Gasteiger partial charge in [-0.05, 0) is 119 Å². The fourth-order valence-electron chi connectivity index (χ4n) is 0.750. The summed E-state index contributed by atoms with van der Waals surface area (Å²) in [5.41, 5.74) is 0.787. The molecule has 1 aromatic carbocycles. The first-order chi connectivity index (χ1) is 5.95. The van der Waals surface area contributed by atoms with Crippen molar-refractivity contribution in [3.05, 3.63) is 25.9 Å². The Bertz CT molecular complexity index is 336. The maximum Gasteiger partial charge on any atom is 0.177 e. The van der Waals surface area contributed by atoms with Gasteiger partial charge < -0.3 is 0 Å². The molecule has 0 bridgehead atoms. The quantitative estimate of drug-likeness (QED) is 0.155. The molecule has 0 heterocycles. The smallest absolute Gasteiger partial charge is 0.177 e. The lowest BCUT2D eigenvalue weighted by Gasteiger charge is -2.09. The Labute approximate surface area is 144 Å².